The molecule has 0 saturated carbocycles. The number of benzene rings is 2. The molecular formula is C16H10F2OS. The predicted octanol–water partition coefficient (Wildman–Crippen LogP) is 4.34. The lowest BCUT2D eigenvalue weighted by atomic mass is 10.0. The minimum atomic E-state index is -0.370. The summed E-state index contributed by atoms with van der Waals surface area (Å²) in [6, 6.07) is 10.5. The molecule has 0 amide bonds. The maximum Gasteiger partial charge on any atom is 0.191 e. The summed E-state index contributed by atoms with van der Waals surface area (Å²) in [6.07, 6.45) is 1.66. The first kappa shape index (κ1) is 13.1. The predicted molar refractivity (Wildman–Crippen MR) is 75.8 cm³/mol. The molecule has 0 aliphatic carbocycles. The van der Waals surface area contributed by atoms with E-state index in [1.54, 1.807) is 24.3 Å². The Bertz CT molecular complexity index is 722. The highest BCUT2D eigenvalue weighted by Gasteiger charge is 2.24. The highest BCUT2D eigenvalue weighted by Crippen LogP contribution is 2.35. The van der Waals surface area contributed by atoms with E-state index in [0.717, 1.165) is 0 Å². The smallest absolute Gasteiger partial charge is 0.191 e. The van der Waals surface area contributed by atoms with E-state index in [4.69, 9.17) is 0 Å². The lowest BCUT2D eigenvalue weighted by molar-refractivity contribution is 0.103. The van der Waals surface area contributed by atoms with Gasteiger partial charge in [-0.1, -0.05) is 18.2 Å². The minimum Gasteiger partial charge on any atom is -0.289 e. The normalized spacial score (nSPS) is 16.3. The molecule has 1 heterocycles. The third kappa shape index (κ3) is 2.39. The van der Waals surface area contributed by atoms with E-state index >= 15 is 0 Å². The Kier molecular flexibility index (Phi) is 3.40. The lowest BCUT2D eigenvalue weighted by Crippen LogP contribution is -2.13. The van der Waals surface area contributed by atoms with Crippen LogP contribution >= 0.6 is 11.8 Å². The monoisotopic (exact) mass is 288 g/mol. The number of halogens is 2. The maximum atomic E-state index is 13.6. The Labute approximate surface area is 119 Å². The second-order valence-electron chi connectivity index (χ2n) is 4.46. The van der Waals surface area contributed by atoms with Crippen LogP contribution in [0.1, 0.15) is 15.9 Å². The van der Waals surface area contributed by atoms with Crippen molar-refractivity contribution in [1.29, 1.82) is 0 Å². The Balaban J connectivity index is 2.00. The molecule has 0 saturated heterocycles. The zero-order chi connectivity index (χ0) is 14.1. The van der Waals surface area contributed by atoms with Crippen molar-refractivity contribution in [2.24, 2.45) is 0 Å². The molecule has 2 aromatic carbocycles. The molecule has 2 aromatic rings. The molecule has 1 aliphatic heterocycles. The van der Waals surface area contributed by atoms with Gasteiger partial charge in [0.25, 0.3) is 0 Å². The van der Waals surface area contributed by atoms with E-state index in [0.29, 0.717) is 27.3 Å². The van der Waals surface area contributed by atoms with E-state index in [2.05, 4.69) is 0 Å². The van der Waals surface area contributed by atoms with E-state index in [1.807, 2.05) is 0 Å². The lowest BCUT2D eigenvalue weighted by Gasteiger charge is -2.17. The van der Waals surface area contributed by atoms with Crippen molar-refractivity contribution < 1.29 is 13.6 Å². The number of ketones is 1. The van der Waals surface area contributed by atoms with Crippen molar-refractivity contribution in [3.8, 4) is 0 Å². The fourth-order valence-electron chi connectivity index (χ4n) is 2.13. The first-order chi connectivity index (χ1) is 9.65. The fourth-order valence-corrected chi connectivity index (χ4v) is 3.16. The van der Waals surface area contributed by atoms with E-state index in [9.17, 15) is 13.6 Å². The van der Waals surface area contributed by atoms with E-state index in [-0.39, 0.29) is 17.4 Å². The zero-order valence-corrected chi connectivity index (χ0v) is 11.2. The van der Waals surface area contributed by atoms with Crippen LogP contribution in [0, 0.1) is 11.6 Å². The van der Waals surface area contributed by atoms with Crippen LogP contribution in [0.25, 0.3) is 6.08 Å². The van der Waals surface area contributed by atoms with Crippen molar-refractivity contribution in [3.63, 3.8) is 0 Å². The molecule has 0 spiro atoms. The zero-order valence-electron chi connectivity index (χ0n) is 10.4. The number of carbonyl (C=O) groups is 1. The van der Waals surface area contributed by atoms with Gasteiger partial charge in [-0.15, -0.1) is 11.8 Å². The number of hydrogen-bond donors (Lipinski definition) is 0. The van der Waals surface area contributed by atoms with Crippen molar-refractivity contribution in [2.75, 3.05) is 5.75 Å². The van der Waals surface area contributed by atoms with Crippen LogP contribution in [0.4, 0.5) is 8.78 Å². The molecule has 0 unspecified atom stereocenters. The first-order valence-corrected chi connectivity index (χ1v) is 7.06. The number of carbonyl (C=O) groups excluding carboxylic acids is 1. The van der Waals surface area contributed by atoms with Crippen molar-refractivity contribution in [3.05, 3.63) is 70.8 Å². The summed E-state index contributed by atoms with van der Waals surface area (Å²) in [7, 11) is 0. The quantitative estimate of drug-likeness (QED) is 0.726. The van der Waals surface area contributed by atoms with Gasteiger partial charge in [0.15, 0.2) is 5.78 Å². The molecule has 0 atom stereocenters. The average molecular weight is 288 g/mol. The van der Waals surface area contributed by atoms with Gasteiger partial charge >= 0.3 is 0 Å². The maximum absolute atomic E-state index is 13.6. The third-order valence-corrected chi connectivity index (χ3v) is 4.22. The molecular weight excluding hydrogens is 278 g/mol. The SMILES string of the molecule is O=C1/C(=C/c2cccc(F)c2)CSc2c(F)cccc21. The van der Waals surface area contributed by atoms with Gasteiger partial charge in [0.05, 0.1) is 4.90 Å². The van der Waals surface area contributed by atoms with Crippen LogP contribution in [0.2, 0.25) is 0 Å². The molecule has 0 aromatic heterocycles. The second-order valence-corrected chi connectivity index (χ2v) is 5.44. The van der Waals surface area contributed by atoms with Gasteiger partial charge in [-0.3, -0.25) is 4.79 Å². The Morgan fingerprint density at radius 2 is 1.90 bits per heavy atom. The number of rotatable bonds is 1. The Morgan fingerprint density at radius 3 is 2.70 bits per heavy atom. The van der Waals surface area contributed by atoms with E-state index in [1.165, 1.54) is 36.0 Å². The average Bonchev–Trinajstić information content (AvgIpc) is 2.43. The van der Waals surface area contributed by atoms with Gasteiger partial charge in [0.2, 0.25) is 0 Å². The highest BCUT2D eigenvalue weighted by atomic mass is 32.2. The van der Waals surface area contributed by atoms with Crippen molar-refractivity contribution in [2.45, 2.75) is 4.90 Å². The van der Waals surface area contributed by atoms with Gasteiger partial charge in [0, 0.05) is 16.9 Å². The summed E-state index contributed by atoms with van der Waals surface area (Å²) in [5.74, 6) is -0.515. The molecule has 0 bridgehead atoms. The molecule has 3 rings (SSSR count). The molecule has 0 fully saturated rings. The molecule has 0 radical (unpaired) electrons. The van der Waals surface area contributed by atoms with Crippen molar-refractivity contribution in [1.82, 2.24) is 0 Å². The summed E-state index contributed by atoms with van der Waals surface area (Å²) >= 11 is 1.29. The van der Waals surface area contributed by atoms with Gasteiger partial charge < -0.3 is 0 Å². The number of fused-ring (bicyclic) bond motifs is 1. The van der Waals surface area contributed by atoms with Crippen LogP contribution in [-0.4, -0.2) is 11.5 Å². The fraction of sp³-hybridized carbons (Fsp3) is 0.0625. The molecule has 4 heteroatoms. The molecule has 1 aliphatic rings. The van der Waals surface area contributed by atoms with Crippen LogP contribution in [0.3, 0.4) is 0 Å². The van der Waals surface area contributed by atoms with Gasteiger partial charge in [-0.25, -0.2) is 8.78 Å². The van der Waals surface area contributed by atoms with Crippen LogP contribution in [0.15, 0.2) is 52.9 Å². The second kappa shape index (κ2) is 5.21. The topological polar surface area (TPSA) is 17.1 Å². The van der Waals surface area contributed by atoms with Gasteiger partial charge in [0.1, 0.15) is 11.6 Å². The van der Waals surface area contributed by atoms with Gasteiger partial charge in [-0.2, -0.15) is 0 Å². The summed E-state index contributed by atoms with van der Waals surface area (Å²) < 4.78 is 26.8. The summed E-state index contributed by atoms with van der Waals surface area (Å²) in [6.45, 7) is 0. The molecule has 20 heavy (non-hydrogen) atoms. The first-order valence-electron chi connectivity index (χ1n) is 6.07. The summed E-state index contributed by atoms with van der Waals surface area (Å²) in [5.41, 5.74) is 1.57. The number of hydrogen-bond acceptors (Lipinski definition) is 2. The summed E-state index contributed by atoms with van der Waals surface area (Å²) in [4.78, 5) is 12.7. The molecule has 0 N–H and O–H groups in total. The van der Waals surface area contributed by atoms with E-state index < -0.39 is 0 Å². The minimum absolute atomic E-state index is 0.192. The van der Waals surface area contributed by atoms with Crippen molar-refractivity contribution >= 4 is 23.6 Å². The van der Waals surface area contributed by atoms with Crippen LogP contribution in [0.5, 0.6) is 0 Å². The van der Waals surface area contributed by atoms with Gasteiger partial charge in [-0.05, 0) is 35.9 Å². The Hall–Kier alpha value is -1.94. The molecule has 1 nitrogen and oxygen atoms in total. The van der Waals surface area contributed by atoms with Crippen LogP contribution < -0.4 is 0 Å². The largest absolute Gasteiger partial charge is 0.289 e. The summed E-state index contributed by atoms with van der Waals surface area (Å²) in [5, 5.41) is 0. The molecule has 100 valence electrons. The standard InChI is InChI=1S/C16H10F2OS/c17-12-4-1-3-10(8-12)7-11-9-20-16-13(15(11)19)5-2-6-14(16)18/h1-8H,9H2/b11-7+. The number of thioether (sulfide) groups is 1. The number of Topliss-reactive ketones (excluding diaryl/α,β-unsaturated/α-hetero) is 1. The highest BCUT2D eigenvalue weighted by molar-refractivity contribution is 7.99. The van der Waals surface area contributed by atoms with Crippen LogP contribution in [-0.2, 0) is 0 Å². The third-order valence-electron chi connectivity index (χ3n) is 3.06. The Morgan fingerprint density at radius 1 is 1.10 bits per heavy atom.